The molecule has 2 aliphatic carbocycles. The first-order valence-corrected chi connectivity index (χ1v) is 9.29. The maximum atomic E-state index is 12.9. The van der Waals surface area contributed by atoms with Crippen molar-refractivity contribution in [2.75, 3.05) is 7.11 Å². The van der Waals surface area contributed by atoms with Gasteiger partial charge in [0.2, 0.25) is 0 Å². The fourth-order valence-corrected chi connectivity index (χ4v) is 4.41. The Hall–Kier alpha value is -2.26. The van der Waals surface area contributed by atoms with Gasteiger partial charge in [0.1, 0.15) is 11.5 Å². The van der Waals surface area contributed by atoms with E-state index in [1.807, 2.05) is 37.3 Å². The molecule has 26 heavy (non-hydrogen) atoms. The lowest BCUT2D eigenvalue weighted by Crippen LogP contribution is -2.21. The van der Waals surface area contributed by atoms with E-state index in [1.165, 1.54) is 0 Å². The molecule has 0 heterocycles. The molecule has 2 atom stereocenters. The summed E-state index contributed by atoms with van der Waals surface area (Å²) >= 11 is 6.18. The van der Waals surface area contributed by atoms with E-state index in [0.29, 0.717) is 10.6 Å². The number of benzene rings is 2. The predicted octanol–water partition coefficient (Wildman–Crippen LogP) is 5.59. The van der Waals surface area contributed by atoms with E-state index in [4.69, 9.17) is 16.3 Å². The number of hydrogen-bond acceptors (Lipinski definition) is 3. The molecule has 2 bridgehead atoms. The maximum absolute atomic E-state index is 12.9. The van der Waals surface area contributed by atoms with Gasteiger partial charge < -0.3 is 9.84 Å². The minimum absolute atomic E-state index is 0.0506. The van der Waals surface area contributed by atoms with Crippen LogP contribution in [0.2, 0.25) is 5.02 Å². The van der Waals surface area contributed by atoms with Gasteiger partial charge in [-0.1, -0.05) is 23.7 Å². The molecular weight excluding hydrogens is 348 g/mol. The van der Waals surface area contributed by atoms with Crippen LogP contribution in [-0.2, 0) is 4.79 Å². The van der Waals surface area contributed by atoms with Gasteiger partial charge >= 0.3 is 0 Å². The zero-order valence-electron chi connectivity index (χ0n) is 14.9. The SMILES string of the molecule is COc1ccc(Cl)cc1-c1ccc(C)c(C2=C(O)[C@H]3CC[C@H](C3)C2=O)c1. The average molecular weight is 369 g/mol. The first-order chi connectivity index (χ1) is 12.5. The summed E-state index contributed by atoms with van der Waals surface area (Å²) in [5.74, 6) is 1.24. The Labute approximate surface area is 158 Å². The highest BCUT2D eigenvalue weighted by molar-refractivity contribution is 6.31. The number of Topliss-reactive ketones (excluding diaryl/α,β-unsaturated/α-hetero) is 1. The van der Waals surface area contributed by atoms with E-state index >= 15 is 0 Å². The summed E-state index contributed by atoms with van der Waals surface area (Å²) in [6, 6.07) is 11.4. The number of aryl methyl sites for hydroxylation is 1. The molecule has 1 N–H and O–H groups in total. The number of aliphatic hydroxyl groups excluding tert-OH is 1. The van der Waals surface area contributed by atoms with Crippen LogP contribution in [0.1, 0.15) is 30.4 Å². The Bertz CT molecular complexity index is 929. The molecule has 3 nitrogen and oxygen atoms in total. The van der Waals surface area contributed by atoms with Gasteiger partial charge in [0, 0.05) is 22.4 Å². The van der Waals surface area contributed by atoms with Crippen molar-refractivity contribution in [3.8, 4) is 16.9 Å². The molecule has 4 heteroatoms. The van der Waals surface area contributed by atoms with Crippen molar-refractivity contribution >= 4 is 23.0 Å². The predicted molar refractivity (Wildman–Crippen MR) is 104 cm³/mol. The van der Waals surface area contributed by atoms with Crippen molar-refractivity contribution in [3.05, 3.63) is 58.3 Å². The Morgan fingerprint density at radius 3 is 2.62 bits per heavy atom. The number of methoxy groups -OCH3 is 1. The van der Waals surface area contributed by atoms with Crippen LogP contribution < -0.4 is 4.74 Å². The number of halogens is 1. The molecule has 0 amide bonds. The standard InChI is InChI=1S/C22H21ClO3/c1-12-3-4-13(18-11-16(23)7-8-19(18)26-2)10-17(12)20-21(24)14-5-6-15(9-14)22(20)25/h3-4,7-8,10-11,14-15,24H,5-6,9H2,1-2H3/t14-,15+/m0/s1. The van der Waals surface area contributed by atoms with Crippen molar-refractivity contribution in [1.29, 1.82) is 0 Å². The van der Waals surface area contributed by atoms with Gasteiger partial charge in [-0.25, -0.2) is 0 Å². The van der Waals surface area contributed by atoms with Crippen LogP contribution in [-0.4, -0.2) is 18.0 Å². The second-order valence-electron chi connectivity index (χ2n) is 7.21. The van der Waals surface area contributed by atoms with Crippen molar-refractivity contribution < 1.29 is 14.6 Å². The highest BCUT2D eigenvalue weighted by Crippen LogP contribution is 2.46. The second kappa shape index (κ2) is 6.48. The van der Waals surface area contributed by atoms with E-state index in [1.54, 1.807) is 13.2 Å². The minimum Gasteiger partial charge on any atom is -0.511 e. The van der Waals surface area contributed by atoms with Crippen LogP contribution in [0.15, 0.2) is 42.2 Å². The van der Waals surface area contributed by atoms with Crippen molar-refractivity contribution in [2.24, 2.45) is 11.8 Å². The molecule has 4 rings (SSSR count). The second-order valence-corrected chi connectivity index (χ2v) is 7.64. The topological polar surface area (TPSA) is 46.5 Å². The smallest absolute Gasteiger partial charge is 0.169 e. The zero-order chi connectivity index (χ0) is 18.4. The van der Waals surface area contributed by atoms with Crippen molar-refractivity contribution in [1.82, 2.24) is 0 Å². The third-order valence-corrected chi connectivity index (χ3v) is 5.91. The molecule has 0 radical (unpaired) electrons. The lowest BCUT2D eigenvalue weighted by atomic mass is 9.81. The quantitative estimate of drug-likeness (QED) is 0.767. The summed E-state index contributed by atoms with van der Waals surface area (Å²) in [5, 5.41) is 11.3. The Kier molecular flexibility index (Phi) is 4.28. The fourth-order valence-electron chi connectivity index (χ4n) is 4.24. The minimum atomic E-state index is 0.0506. The van der Waals surface area contributed by atoms with Crippen LogP contribution in [0, 0.1) is 18.8 Å². The van der Waals surface area contributed by atoms with E-state index < -0.39 is 0 Å². The van der Waals surface area contributed by atoms with E-state index in [9.17, 15) is 9.90 Å². The lowest BCUT2D eigenvalue weighted by Gasteiger charge is -2.23. The number of hydrogen-bond donors (Lipinski definition) is 1. The van der Waals surface area contributed by atoms with Gasteiger partial charge in [-0.05, 0) is 67.1 Å². The number of aliphatic hydroxyl groups is 1. The molecule has 2 aromatic rings. The van der Waals surface area contributed by atoms with Gasteiger partial charge in [0.05, 0.1) is 12.7 Å². The fraction of sp³-hybridized carbons (Fsp3) is 0.318. The molecule has 0 aromatic heterocycles. The summed E-state index contributed by atoms with van der Waals surface area (Å²) in [6.07, 6.45) is 2.56. The molecular formula is C22H21ClO3. The Morgan fingerprint density at radius 1 is 1.08 bits per heavy atom. The van der Waals surface area contributed by atoms with Crippen LogP contribution in [0.3, 0.4) is 0 Å². The molecule has 2 aliphatic rings. The highest BCUT2D eigenvalue weighted by Gasteiger charge is 2.41. The number of fused-ring (bicyclic) bond motifs is 2. The molecule has 0 saturated heterocycles. The molecule has 0 unspecified atom stereocenters. The molecule has 134 valence electrons. The van der Waals surface area contributed by atoms with Gasteiger partial charge in [-0.3, -0.25) is 4.79 Å². The number of allylic oxidation sites excluding steroid dienone is 2. The first-order valence-electron chi connectivity index (χ1n) is 8.92. The van der Waals surface area contributed by atoms with E-state index in [2.05, 4.69) is 0 Å². The lowest BCUT2D eigenvalue weighted by molar-refractivity contribution is -0.117. The molecule has 0 aliphatic heterocycles. The summed E-state index contributed by atoms with van der Waals surface area (Å²) in [6.45, 7) is 1.97. The van der Waals surface area contributed by atoms with Crippen LogP contribution in [0.25, 0.3) is 16.7 Å². The van der Waals surface area contributed by atoms with Gasteiger partial charge in [0.25, 0.3) is 0 Å². The maximum Gasteiger partial charge on any atom is 0.169 e. The molecule has 2 aromatic carbocycles. The number of carbonyl (C=O) groups is 1. The number of carbonyl (C=O) groups excluding carboxylic acids is 1. The summed E-state index contributed by atoms with van der Waals surface area (Å²) < 4.78 is 5.47. The largest absolute Gasteiger partial charge is 0.511 e. The third kappa shape index (κ3) is 2.71. The normalized spacial score (nSPS) is 22.0. The van der Waals surface area contributed by atoms with Crippen molar-refractivity contribution in [3.63, 3.8) is 0 Å². The van der Waals surface area contributed by atoms with Crippen LogP contribution in [0.5, 0.6) is 5.75 Å². The Balaban J connectivity index is 1.88. The van der Waals surface area contributed by atoms with Crippen LogP contribution >= 0.6 is 11.6 Å². The van der Waals surface area contributed by atoms with Crippen molar-refractivity contribution in [2.45, 2.75) is 26.2 Å². The highest BCUT2D eigenvalue weighted by atomic mass is 35.5. The third-order valence-electron chi connectivity index (χ3n) is 5.67. The number of ketones is 1. The summed E-state index contributed by atoms with van der Waals surface area (Å²) in [5.41, 5.74) is 4.07. The van der Waals surface area contributed by atoms with Gasteiger partial charge in [0.15, 0.2) is 5.78 Å². The summed E-state index contributed by atoms with van der Waals surface area (Å²) in [7, 11) is 1.62. The zero-order valence-corrected chi connectivity index (χ0v) is 15.6. The molecule has 0 spiro atoms. The average Bonchev–Trinajstić information content (AvgIpc) is 3.09. The van der Waals surface area contributed by atoms with Crippen LogP contribution in [0.4, 0.5) is 0 Å². The Morgan fingerprint density at radius 2 is 1.85 bits per heavy atom. The van der Waals surface area contributed by atoms with Gasteiger partial charge in [-0.15, -0.1) is 0 Å². The monoisotopic (exact) mass is 368 g/mol. The van der Waals surface area contributed by atoms with E-state index in [-0.39, 0.29) is 23.4 Å². The molecule has 1 saturated carbocycles. The number of rotatable bonds is 3. The van der Waals surface area contributed by atoms with Gasteiger partial charge in [-0.2, -0.15) is 0 Å². The molecule has 1 fully saturated rings. The number of ether oxygens (including phenoxy) is 1. The first kappa shape index (κ1) is 17.2. The van der Waals surface area contributed by atoms with E-state index in [0.717, 1.165) is 47.3 Å². The summed E-state index contributed by atoms with van der Waals surface area (Å²) in [4.78, 5) is 12.9.